The van der Waals surface area contributed by atoms with E-state index in [4.69, 9.17) is 0 Å². The highest BCUT2D eigenvalue weighted by Crippen LogP contribution is 2.37. The standard InChI is InChI=1S/C9H15F/c1-6(2)7(3)8-4-9(10)5-8/h6,8-9H,3-5H2,1-2H3. The average molecular weight is 142 g/mol. The minimum atomic E-state index is -0.541. The second-order valence-corrected chi connectivity index (χ2v) is 3.50. The SMILES string of the molecule is C=C(C(C)C)C1CC(F)C1. The van der Waals surface area contributed by atoms with Crippen LogP contribution in [0.25, 0.3) is 0 Å². The molecule has 0 unspecified atom stereocenters. The van der Waals surface area contributed by atoms with Gasteiger partial charge in [-0.1, -0.05) is 26.0 Å². The van der Waals surface area contributed by atoms with Crippen LogP contribution in [0.15, 0.2) is 12.2 Å². The molecule has 1 saturated carbocycles. The van der Waals surface area contributed by atoms with Crippen LogP contribution in [0.4, 0.5) is 4.39 Å². The van der Waals surface area contributed by atoms with Crippen molar-refractivity contribution >= 4 is 0 Å². The maximum Gasteiger partial charge on any atom is 0.101 e. The highest BCUT2D eigenvalue weighted by Gasteiger charge is 2.31. The Balaban J connectivity index is 2.31. The molecule has 1 rings (SSSR count). The van der Waals surface area contributed by atoms with E-state index in [1.54, 1.807) is 0 Å². The Morgan fingerprint density at radius 3 is 2.30 bits per heavy atom. The fraction of sp³-hybridized carbons (Fsp3) is 0.778. The molecule has 1 fully saturated rings. The van der Waals surface area contributed by atoms with Gasteiger partial charge in [0.2, 0.25) is 0 Å². The van der Waals surface area contributed by atoms with Crippen molar-refractivity contribution < 1.29 is 4.39 Å². The molecule has 0 aromatic carbocycles. The summed E-state index contributed by atoms with van der Waals surface area (Å²) in [6.07, 6.45) is 0.897. The van der Waals surface area contributed by atoms with Crippen molar-refractivity contribution in [3.05, 3.63) is 12.2 Å². The summed E-state index contributed by atoms with van der Waals surface area (Å²) in [5.41, 5.74) is 1.23. The smallest absolute Gasteiger partial charge is 0.101 e. The summed E-state index contributed by atoms with van der Waals surface area (Å²) in [6, 6.07) is 0. The van der Waals surface area contributed by atoms with E-state index in [0.717, 1.165) is 12.8 Å². The van der Waals surface area contributed by atoms with Gasteiger partial charge in [0.15, 0.2) is 0 Å². The molecule has 0 spiro atoms. The van der Waals surface area contributed by atoms with Crippen LogP contribution in [0.5, 0.6) is 0 Å². The highest BCUT2D eigenvalue weighted by atomic mass is 19.1. The Morgan fingerprint density at radius 1 is 1.50 bits per heavy atom. The van der Waals surface area contributed by atoms with E-state index >= 15 is 0 Å². The number of alkyl halides is 1. The molecule has 58 valence electrons. The number of rotatable bonds is 2. The van der Waals surface area contributed by atoms with E-state index in [1.165, 1.54) is 5.57 Å². The van der Waals surface area contributed by atoms with Crippen LogP contribution < -0.4 is 0 Å². The molecule has 0 heterocycles. The third-order valence-corrected chi connectivity index (χ3v) is 2.35. The highest BCUT2D eigenvalue weighted by molar-refractivity contribution is 5.08. The van der Waals surface area contributed by atoms with Crippen molar-refractivity contribution in [1.29, 1.82) is 0 Å². The second kappa shape index (κ2) is 2.73. The lowest BCUT2D eigenvalue weighted by Crippen LogP contribution is -2.27. The molecule has 0 aromatic rings. The summed E-state index contributed by atoms with van der Waals surface area (Å²) in [5.74, 6) is 1.01. The molecule has 0 nitrogen and oxygen atoms in total. The molecule has 0 bridgehead atoms. The number of allylic oxidation sites excluding steroid dienone is 1. The topological polar surface area (TPSA) is 0 Å². The van der Waals surface area contributed by atoms with Gasteiger partial charge in [0.25, 0.3) is 0 Å². The van der Waals surface area contributed by atoms with Gasteiger partial charge in [-0.25, -0.2) is 4.39 Å². The van der Waals surface area contributed by atoms with Crippen molar-refractivity contribution in [3.63, 3.8) is 0 Å². The summed E-state index contributed by atoms with van der Waals surface area (Å²) in [5, 5.41) is 0. The average Bonchev–Trinajstić information content (AvgIpc) is 1.79. The maximum atomic E-state index is 12.4. The first kappa shape index (κ1) is 7.77. The Kier molecular flexibility index (Phi) is 2.12. The zero-order valence-electron chi connectivity index (χ0n) is 6.73. The molecule has 0 radical (unpaired) electrons. The first-order valence-corrected chi connectivity index (χ1v) is 3.94. The molecule has 0 aromatic heterocycles. The molecule has 0 atom stereocenters. The molecule has 0 amide bonds. The van der Waals surface area contributed by atoms with E-state index in [0.29, 0.717) is 11.8 Å². The van der Waals surface area contributed by atoms with Crippen LogP contribution in [0.1, 0.15) is 26.7 Å². The second-order valence-electron chi connectivity index (χ2n) is 3.50. The first-order chi connectivity index (χ1) is 4.61. The molecule has 0 saturated heterocycles. The van der Waals surface area contributed by atoms with Gasteiger partial charge in [-0.05, 0) is 24.7 Å². The third-order valence-electron chi connectivity index (χ3n) is 2.35. The fourth-order valence-electron chi connectivity index (χ4n) is 1.32. The Hall–Kier alpha value is -0.330. The maximum absolute atomic E-state index is 12.4. The van der Waals surface area contributed by atoms with Crippen molar-refractivity contribution in [2.45, 2.75) is 32.9 Å². The van der Waals surface area contributed by atoms with Gasteiger partial charge in [-0.3, -0.25) is 0 Å². The molecule has 1 aliphatic rings. The molecule has 1 heteroatoms. The lowest BCUT2D eigenvalue weighted by atomic mass is 9.75. The number of hydrogen-bond donors (Lipinski definition) is 0. The van der Waals surface area contributed by atoms with Crippen molar-refractivity contribution in [2.24, 2.45) is 11.8 Å². The van der Waals surface area contributed by atoms with E-state index in [9.17, 15) is 4.39 Å². The van der Waals surface area contributed by atoms with Crippen LogP contribution >= 0.6 is 0 Å². The summed E-state index contributed by atoms with van der Waals surface area (Å²) < 4.78 is 12.4. The summed E-state index contributed by atoms with van der Waals surface area (Å²) in [4.78, 5) is 0. The lowest BCUT2D eigenvalue weighted by molar-refractivity contribution is 0.149. The van der Waals surface area contributed by atoms with Gasteiger partial charge < -0.3 is 0 Å². The Morgan fingerprint density at radius 2 is 2.00 bits per heavy atom. The normalized spacial score (nSPS) is 32.0. The molecule has 10 heavy (non-hydrogen) atoms. The monoisotopic (exact) mass is 142 g/mol. The van der Waals surface area contributed by atoms with Gasteiger partial charge in [0.05, 0.1) is 0 Å². The molecule has 0 aliphatic heterocycles. The van der Waals surface area contributed by atoms with E-state index in [-0.39, 0.29) is 0 Å². The lowest BCUT2D eigenvalue weighted by Gasteiger charge is -2.33. The van der Waals surface area contributed by atoms with Crippen LogP contribution in [0, 0.1) is 11.8 Å². The fourth-order valence-corrected chi connectivity index (χ4v) is 1.32. The van der Waals surface area contributed by atoms with Gasteiger partial charge in [-0.2, -0.15) is 0 Å². The molecular formula is C9H15F. The predicted octanol–water partition coefficient (Wildman–Crippen LogP) is 2.95. The number of halogens is 1. The summed E-state index contributed by atoms with van der Waals surface area (Å²) in [6.45, 7) is 8.18. The van der Waals surface area contributed by atoms with Crippen LogP contribution in [-0.4, -0.2) is 6.17 Å². The zero-order valence-corrected chi connectivity index (χ0v) is 6.73. The van der Waals surface area contributed by atoms with E-state index in [1.807, 2.05) is 0 Å². The van der Waals surface area contributed by atoms with Crippen molar-refractivity contribution in [1.82, 2.24) is 0 Å². The molecule has 1 aliphatic carbocycles. The Labute approximate surface area is 62.1 Å². The van der Waals surface area contributed by atoms with Crippen molar-refractivity contribution in [2.75, 3.05) is 0 Å². The first-order valence-electron chi connectivity index (χ1n) is 3.94. The van der Waals surface area contributed by atoms with Gasteiger partial charge >= 0.3 is 0 Å². The van der Waals surface area contributed by atoms with Gasteiger partial charge in [-0.15, -0.1) is 0 Å². The Bertz CT molecular complexity index is 132. The number of hydrogen-bond acceptors (Lipinski definition) is 0. The zero-order chi connectivity index (χ0) is 7.72. The van der Waals surface area contributed by atoms with E-state index < -0.39 is 6.17 Å². The summed E-state index contributed by atoms with van der Waals surface area (Å²) in [7, 11) is 0. The van der Waals surface area contributed by atoms with Crippen LogP contribution in [0.2, 0.25) is 0 Å². The van der Waals surface area contributed by atoms with Gasteiger partial charge in [0.1, 0.15) is 6.17 Å². The van der Waals surface area contributed by atoms with Crippen LogP contribution in [-0.2, 0) is 0 Å². The van der Waals surface area contributed by atoms with E-state index in [2.05, 4.69) is 20.4 Å². The molecular weight excluding hydrogens is 127 g/mol. The quantitative estimate of drug-likeness (QED) is 0.520. The van der Waals surface area contributed by atoms with Crippen molar-refractivity contribution in [3.8, 4) is 0 Å². The minimum absolute atomic E-state index is 0.481. The van der Waals surface area contributed by atoms with Gasteiger partial charge in [0, 0.05) is 0 Å². The minimum Gasteiger partial charge on any atom is -0.247 e. The van der Waals surface area contributed by atoms with Crippen LogP contribution in [0.3, 0.4) is 0 Å². The largest absolute Gasteiger partial charge is 0.247 e. The third kappa shape index (κ3) is 1.39. The molecule has 0 N–H and O–H groups in total. The summed E-state index contributed by atoms with van der Waals surface area (Å²) >= 11 is 0. The predicted molar refractivity (Wildman–Crippen MR) is 41.6 cm³/mol.